The van der Waals surface area contributed by atoms with Gasteiger partial charge in [0.2, 0.25) is 0 Å². The Morgan fingerprint density at radius 3 is 2.81 bits per heavy atom. The Morgan fingerprint density at radius 2 is 2.00 bits per heavy atom. The molecule has 0 aliphatic carbocycles. The van der Waals surface area contributed by atoms with Crippen molar-refractivity contribution in [2.24, 2.45) is 4.99 Å². The molecule has 0 bridgehead atoms. The summed E-state index contributed by atoms with van der Waals surface area (Å²) in [5.41, 5.74) is 3.86. The average Bonchev–Trinajstić information content (AvgIpc) is 3.15. The minimum absolute atomic E-state index is 0.313. The molecule has 1 unspecified atom stereocenters. The summed E-state index contributed by atoms with van der Waals surface area (Å²) in [6.45, 7) is 5.54. The summed E-state index contributed by atoms with van der Waals surface area (Å²) < 4.78 is 0. The van der Waals surface area contributed by atoms with E-state index in [1.807, 2.05) is 12.1 Å². The van der Waals surface area contributed by atoms with Crippen molar-refractivity contribution in [2.45, 2.75) is 45.1 Å². The first-order valence-corrected chi connectivity index (χ1v) is 10.1. The van der Waals surface area contributed by atoms with Gasteiger partial charge in [-0.25, -0.2) is 0 Å². The molecule has 4 nitrogen and oxygen atoms in total. The molecule has 1 saturated heterocycles. The molecular weight excluding hydrogens is 334 g/mol. The van der Waals surface area contributed by atoms with E-state index < -0.39 is 0 Å². The summed E-state index contributed by atoms with van der Waals surface area (Å²) in [5.74, 6) is 1.34. The number of allylic oxidation sites excluding steroid dienone is 2. The van der Waals surface area contributed by atoms with Crippen LogP contribution in [0.25, 0.3) is 0 Å². The number of aliphatic imine (C=N–C) groups is 1. The van der Waals surface area contributed by atoms with Crippen molar-refractivity contribution in [1.82, 2.24) is 9.80 Å². The van der Waals surface area contributed by atoms with Crippen LogP contribution in [0, 0.1) is 0 Å². The van der Waals surface area contributed by atoms with E-state index in [1.54, 1.807) is 12.1 Å². The Hall–Kier alpha value is -2.33. The zero-order valence-corrected chi connectivity index (χ0v) is 16.1. The number of phenols is 1. The van der Waals surface area contributed by atoms with Crippen LogP contribution >= 0.6 is 0 Å². The van der Waals surface area contributed by atoms with Crippen molar-refractivity contribution >= 4 is 5.84 Å². The van der Waals surface area contributed by atoms with Gasteiger partial charge in [0.1, 0.15) is 11.6 Å². The van der Waals surface area contributed by atoms with E-state index in [0.717, 1.165) is 37.8 Å². The Labute approximate surface area is 162 Å². The first-order chi connectivity index (χ1) is 13.2. The molecule has 1 atom stereocenters. The minimum Gasteiger partial charge on any atom is -0.508 e. The van der Waals surface area contributed by atoms with Crippen molar-refractivity contribution in [3.8, 4) is 5.75 Å². The van der Waals surface area contributed by atoms with Crippen LogP contribution in [-0.2, 0) is 6.42 Å². The van der Waals surface area contributed by atoms with Crippen LogP contribution in [0.2, 0.25) is 0 Å². The van der Waals surface area contributed by atoms with E-state index in [2.05, 4.69) is 41.3 Å². The lowest BCUT2D eigenvalue weighted by molar-refractivity contribution is 0.251. The maximum Gasteiger partial charge on any atom is 0.131 e. The van der Waals surface area contributed by atoms with Crippen LogP contribution in [-0.4, -0.2) is 46.4 Å². The number of hydrogen-bond donors (Lipinski definition) is 1. The number of fused-ring (bicyclic) bond motifs is 1. The van der Waals surface area contributed by atoms with Crippen LogP contribution in [0.5, 0.6) is 5.75 Å². The second kappa shape index (κ2) is 8.13. The zero-order valence-electron chi connectivity index (χ0n) is 16.1. The van der Waals surface area contributed by atoms with Gasteiger partial charge >= 0.3 is 0 Å². The number of nitrogens with zero attached hydrogens (tertiary/aromatic N) is 3. The lowest BCUT2D eigenvalue weighted by atomic mass is 10.0. The molecule has 3 heterocycles. The monoisotopic (exact) mass is 363 g/mol. The van der Waals surface area contributed by atoms with Crippen molar-refractivity contribution < 1.29 is 5.11 Å². The number of amidine groups is 1. The van der Waals surface area contributed by atoms with Gasteiger partial charge in [-0.05, 0) is 73.6 Å². The van der Waals surface area contributed by atoms with Crippen LogP contribution in [0.1, 0.15) is 38.2 Å². The second-order valence-electron chi connectivity index (χ2n) is 7.74. The Morgan fingerprint density at radius 1 is 1.15 bits per heavy atom. The highest BCUT2D eigenvalue weighted by atomic mass is 16.3. The highest BCUT2D eigenvalue weighted by Gasteiger charge is 2.23. The third kappa shape index (κ3) is 4.33. The molecule has 3 aliphatic rings. The number of likely N-dealkylation sites (tertiary alicyclic amines) is 1. The van der Waals surface area contributed by atoms with E-state index >= 15 is 0 Å². The topological polar surface area (TPSA) is 39.1 Å². The molecule has 4 heteroatoms. The molecule has 0 radical (unpaired) electrons. The third-order valence-corrected chi connectivity index (χ3v) is 5.82. The van der Waals surface area contributed by atoms with Crippen molar-refractivity contribution in [3.05, 3.63) is 65.5 Å². The fourth-order valence-corrected chi connectivity index (χ4v) is 4.25. The summed E-state index contributed by atoms with van der Waals surface area (Å²) in [5, 5.41) is 9.44. The van der Waals surface area contributed by atoms with Gasteiger partial charge in [-0.15, -0.1) is 0 Å². The van der Waals surface area contributed by atoms with Gasteiger partial charge in [0, 0.05) is 25.0 Å². The quantitative estimate of drug-likeness (QED) is 0.821. The molecule has 0 amide bonds. The van der Waals surface area contributed by atoms with Crippen molar-refractivity contribution in [3.63, 3.8) is 0 Å². The molecular formula is C23H29N3O. The van der Waals surface area contributed by atoms with Gasteiger partial charge in [-0.3, -0.25) is 4.99 Å². The summed E-state index contributed by atoms with van der Waals surface area (Å²) in [6, 6.07) is 8.23. The molecule has 0 saturated carbocycles. The molecule has 3 aliphatic heterocycles. The predicted octanol–water partition coefficient (Wildman–Crippen LogP) is 4.25. The fraction of sp³-hybridized carbons (Fsp3) is 0.435. The molecule has 4 rings (SSSR count). The molecule has 1 aromatic rings. The van der Waals surface area contributed by atoms with Gasteiger partial charge < -0.3 is 14.9 Å². The normalized spacial score (nSPS) is 22.3. The number of benzene rings is 1. The predicted molar refractivity (Wildman–Crippen MR) is 111 cm³/mol. The molecule has 0 spiro atoms. The zero-order chi connectivity index (χ0) is 18.6. The van der Waals surface area contributed by atoms with E-state index in [4.69, 9.17) is 4.99 Å². The molecule has 0 aromatic heterocycles. The van der Waals surface area contributed by atoms with Gasteiger partial charge in [0.05, 0.1) is 6.54 Å². The second-order valence-corrected chi connectivity index (χ2v) is 7.74. The first kappa shape index (κ1) is 18.1. The Bertz CT molecular complexity index is 788. The Balaban J connectivity index is 1.39. The number of hydrogen-bond acceptors (Lipinski definition) is 4. The SMILES string of the molecule is CCC1CCCN1CCC1=CN2C=C(Cc3ccc(O)cc3)C=CC2=NC1. The number of phenolic OH excluding ortho intramolecular Hbond substituents is 1. The van der Waals surface area contributed by atoms with Crippen molar-refractivity contribution in [2.75, 3.05) is 19.6 Å². The first-order valence-electron chi connectivity index (χ1n) is 10.1. The summed E-state index contributed by atoms with van der Waals surface area (Å²) in [7, 11) is 0. The maximum absolute atomic E-state index is 9.44. The largest absolute Gasteiger partial charge is 0.508 e. The van der Waals surface area contributed by atoms with Gasteiger partial charge in [0.25, 0.3) is 0 Å². The number of rotatable bonds is 6. The van der Waals surface area contributed by atoms with Crippen LogP contribution in [0.3, 0.4) is 0 Å². The van der Waals surface area contributed by atoms with Crippen LogP contribution in [0.15, 0.2) is 65.0 Å². The van der Waals surface area contributed by atoms with Crippen molar-refractivity contribution in [1.29, 1.82) is 0 Å². The van der Waals surface area contributed by atoms with Crippen LogP contribution in [0.4, 0.5) is 0 Å². The third-order valence-electron chi connectivity index (χ3n) is 5.82. The smallest absolute Gasteiger partial charge is 0.131 e. The van der Waals surface area contributed by atoms with Gasteiger partial charge in [0.15, 0.2) is 0 Å². The molecule has 1 N–H and O–H groups in total. The van der Waals surface area contributed by atoms with Crippen LogP contribution < -0.4 is 0 Å². The van der Waals surface area contributed by atoms with E-state index in [1.165, 1.54) is 42.5 Å². The number of aromatic hydroxyl groups is 1. The van der Waals surface area contributed by atoms with Gasteiger partial charge in [-0.2, -0.15) is 0 Å². The highest BCUT2D eigenvalue weighted by molar-refractivity contribution is 5.96. The summed E-state index contributed by atoms with van der Waals surface area (Å²) in [6.07, 6.45) is 14.7. The molecule has 27 heavy (non-hydrogen) atoms. The van der Waals surface area contributed by atoms with E-state index in [9.17, 15) is 5.11 Å². The molecule has 142 valence electrons. The van der Waals surface area contributed by atoms with E-state index in [0.29, 0.717) is 5.75 Å². The minimum atomic E-state index is 0.313. The fourth-order valence-electron chi connectivity index (χ4n) is 4.25. The lowest BCUT2D eigenvalue weighted by Gasteiger charge is -2.28. The summed E-state index contributed by atoms with van der Waals surface area (Å²) in [4.78, 5) is 9.59. The average molecular weight is 364 g/mol. The van der Waals surface area contributed by atoms with Gasteiger partial charge in [-0.1, -0.05) is 25.1 Å². The highest BCUT2D eigenvalue weighted by Crippen LogP contribution is 2.24. The molecule has 1 fully saturated rings. The standard InChI is InChI=1S/C23H29N3O/c1-2-21-4-3-12-25(21)13-11-20-15-24-23-10-7-19(16-26(23)17-20)14-18-5-8-22(27)9-6-18/h5-10,16-17,21,27H,2-4,11-15H2,1H3. The summed E-state index contributed by atoms with van der Waals surface area (Å²) >= 11 is 0. The maximum atomic E-state index is 9.44. The Kier molecular flexibility index (Phi) is 5.44. The van der Waals surface area contributed by atoms with E-state index in [-0.39, 0.29) is 0 Å². The molecule has 1 aromatic carbocycles. The lowest BCUT2D eigenvalue weighted by Crippen LogP contribution is -2.31.